The van der Waals surface area contributed by atoms with Crippen molar-refractivity contribution in [1.29, 1.82) is 0 Å². The summed E-state index contributed by atoms with van der Waals surface area (Å²) in [5, 5.41) is 0. The highest BCUT2D eigenvalue weighted by Gasteiger charge is 2.00. The monoisotopic (exact) mass is 185 g/mol. The molecule has 1 nitrogen and oxygen atoms in total. The lowest BCUT2D eigenvalue weighted by Gasteiger charge is -2.20. The minimum Gasteiger partial charge on any atom is -0.303 e. The molecule has 0 aliphatic heterocycles. The Hall–Kier alpha value is -0.0400. The largest absolute Gasteiger partial charge is 0.303 e. The molecule has 0 radical (unpaired) electrons. The quantitative estimate of drug-likeness (QED) is 0.495. The zero-order chi connectivity index (χ0) is 9.94. The lowest BCUT2D eigenvalue weighted by Crippen LogP contribution is -2.26. The first-order valence-corrected chi connectivity index (χ1v) is 6.07. The molecule has 1 heteroatoms. The SMILES string of the molecule is CCCCCCN(CCC)CCC. The van der Waals surface area contributed by atoms with Crippen molar-refractivity contribution in [2.24, 2.45) is 0 Å². The van der Waals surface area contributed by atoms with Crippen LogP contribution in [0.4, 0.5) is 0 Å². The fourth-order valence-electron chi connectivity index (χ4n) is 1.73. The summed E-state index contributed by atoms with van der Waals surface area (Å²) in [5.41, 5.74) is 0. The molecular weight excluding hydrogens is 158 g/mol. The molecule has 0 fully saturated rings. The van der Waals surface area contributed by atoms with Crippen LogP contribution in [0.3, 0.4) is 0 Å². The third-order valence-corrected chi connectivity index (χ3v) is 2.41. The van der Waals surface area contributed by atoms with Gasteiger partial charge in [0.1, 0.15) is 0 Å². The zero-order valence-electron chi connectivity index (χ0n) is 9.81. The molecule has 0 saturated carbocycles. The van der Waals surface area contributed by atoms with E-state index in [9.17, 15) is 0 Å². The van der Waals surface area contributed by atoms with Crippen LogP contribution >= 0.6 is 0 Å². The second-order valence-electron chi connectivity index (χ2n) is 3.90. The first-order chi connectivity index (χ1) is 6.35. The number of hydrogen-bond acceptors (Lipinski definition) is 1. The van der Waals surface area contributed by atoms with Gasteiger partial charge in [-0.25, -0.2) is 0 Å². The highest BCUT2D eigenvalue weighted by atomic mass is 15.1. The van der Waals surface area contributed by atoms with Crippen LogP contribution in [0.1, 0.15) is 59.3 Å². The lowest BCUT2D eigenvalue weighted by molar-refractivity contribution is 0.268. The molecule has 0 aromatic carbocycles. The molecule has 0 atom stereocenters. The first-order valence-electron chi connectivity index (χ1n) is 6.07. The number of rotatable bonds is 9. The summed E-state index contributed by atoms with van der Waals surface area (Å²) in [6.45, 7) is 10.7. The summed E-state index contributed by atoms with van der Waals surface area (Å²) < 4.78 is 0. The maximum absolute atomic E-state index is 2.61. The van der Waals surface area contributed by atoms with Crippen molar-refractivity contribution in [3.63, 3.8) is 0 Å². The van der Waals surface area contributed by atoms with E-state index in [0.717, 1.165) is 0 Å². The fraction of sp³-hybridized carbons (Fsp3) is 1.00. The van der Waals surface area contributed by atoms with Crippen molar-refractivity contribution < 1.29 is 0 Å². The van der Waals surface area contributed by atoms with Crippen molar-refractivity contribution in [1.82, 2.24) is 4.90 Å². The van der Waals surface area contributed by atoms with Gasteiger partial charge in [0.2, 0.25) is 0 Å². The summed E-state index contributed by atoms with van der Waals surface area (Å²) in [5.74, 6) is 0. The van der Waals surface area contributed by atoms with Crippen molar-refractivity contribution >= 4 is 0 Å². The highest BCUT2D eigenvalue weighted by molar-refractivity contribution is 4.56. The molecule has 0 aliphatic carbocycles. The Morgan fingerprint density at radius 1 is 0.615 bits per heavy atom. The van der Waals surface area contributed by atoms with Gasteiger partial charge in [0.05, 0.1) is 0 Å². The van der Waals surface area contributed by atoms with Crippen LogP contribution in [0.25, 0.3) is 0 Å². The molecule has 0 bridgehead atoms. The van der Waals surface area contributed by atoms with Crippen LogP contribution < -0.4 is 0 Å². The number of nitrogens with zero attached hydrogens (tertiary/aromatic N) is 1. The van der Waals surface area contributed by atoms with Crippen LogP contribution in [-0.2, 0) is 0 Å². The predicted octanol–water partition coefficient (Wildman–Crippen LogP) is 3.69. The molecule has 0 unspecified atom stereocenters. The Bertz CT molecular complexity index is 85.1. The van der Waals surface area contributed by atoms with Gasteiger partial charge in [0, 0.05) is 0 Å². The number of unbranched alkanes of at least 4 members (excludes halogenated alkanes) is 3. The van der Waals surface area contributed by atoms with Crippen molar-refractivity contribution in [3.05, 3.63) is 0 Å². The van der Waals surface area contributed by atoms with Crippen molar-refractivity contribution in [2.45, 2.75) is 59.3 Å². The van der Waals surface area contributed by atoms with Gasteiger partial charge >= 0.3 is 0 Å². The van der Waals surface area contributed by atoms with Gasteiger partial charge in [-0.1, -0.05) is 40.0 Å². The molecular formula is C12H27N. The van der Waals surface area contributed by atoms with Crippen LogP contribution in [0, 0.1) is 0 Å². The Balaban J connectivity index is 3.33. The van der Waals surface area contributed by atoms with E-state index >= 15 is 0 Å². The van der Waals surface area contributed by atoms with Gasteiger partial charge < -0.3 is 4.90 Å². The van der Waals surface area contributed by atoms with E-state index in [-0.39, 0.29) is 0 Å². The van der Waals surface area contributed by atoms with Gasteiger partial charge in [-0.2, -0.15) is 0 Å². The molecule has 0 spiro atoms. The molecule has 0 aliphatic rings. The normalized spacial score (nSPS) is 11.1. The van der Waals surface area contributed by atoms with Gasteiger partial charge in [-0.05, 0) is 38.9 Å². The second-order valence-corrected chi connectivity index (χ2v) is 3.90. The highest BCUT2D eigenvalue weighted by Crippen LogP contribution is 2.02. The molecule has 13 heavy (non-hydrogen) atoms. The van der Waals surface area contributed by atoms with Gasteiger partial charge in [0.15, 0.2) is 0 Å². The van der Waals surface area contributed by atoms with Crippen LogP contribution in [0.5, 0.6) is 0 Å². The zero-order valence-corrected chi connectivity index (χ0v) is 9.81. The molecule has 0 aromatic heterocycles. The molecule has 80 valence electrons. The van der Waals surface area contributed by atoms with E-state index in [4.69, 9.17) is 0 Å². The van der Waals surface area contributed by atoms with Gasteiger partial charge in [0.25, 0.3) is 0 Å². The summed E-state index contributed by atoms with van der Waals surface area (Å²) in [4.78, 5) is 2.61. The Labute approximate surface area is 84.5 Å². The summed E-state index contributed by atoms with van der Waals surface area (Å²) in [7, 11) is 0. The third kappa shape index (κ3) is 8.29. The van der Waals surface area contributed by atoms with Crippen LogP contribution in [0.2, 0.25) is 0 Å². The minimum absolute atomic E-state index is 1.29. The third-order valence-electron chi connectivity index (χ3n) is 2.41. The maximum atomic E-state index is 2.61. The van der Waals surface area contributed by atoms with E-state index in [1.54, 1.807) is 0 Å². The Morgan fingerprint density at radius 2 is 1.23 bits per heavy atom. The molecule has 0 saturated heterocycles. The number of hydrogen-bond donors (Lipinski definition) is 0. The van der Waals surface area contributed by atoms with Crippen LogP contribution in [-0.4, -0.2) is 24.5 Å². The van der Waals surface area contributed by atoms with E-state index in [2.05, 4.69) is 25.7 Å². The predicted molar refractivity (Wildman–Crippen MR) is 61.2 cm³/mol. The summed E-state index contributed by atoms with van der Waals surface area (Å²) in [6.07, 6.45) is 8.17. The summed E-state index contributed by atoms with van der Waals surface area (Å²) >= 11 is 0. The first kappa shape index (κ1) is 13.0. The standard InChI is InChI=1S/C12H27N/c1-4-7-8-9-12-13(10-5-2)11-6-3/h4-12H2,1-3H3. The Kier molecular flexibility index (Phi) is 10.0. The van der Waals surface area contributed by atoms with Crippen molar-refractivity contribution in [3.8, 4) is 0 Å². The second kappa shape index (κ2) is 10.0. The van der Waals surface area contributed by atoms with Crippen molar-refractivity contribution in [2.75, 3.05) is 19.6 Å². The van der Waals surface area contributed by atoms with E-state index < -0.39 is 0 Å². The fourth-order valence-corrected chi connectivity index (χ4v) is 1.73. The van der Waals surface area contributed by atoms with Gasteiger partial charge in [-0.15, -0.1) is 0 Å². The van der Waals surface area contributed by atoms with E-state index in [1.165, 1.54) is 58.2 Å². The maximum Gasteiger partial charge on any atom is -0.00187 e. The topological polar surface area (TPSA) is 3.24 Å². The average molecular weight is 185 g/mol. The molecule has 0 heterocycles. The van der Waals surface area contributed by atoms with E-state index in [0.29, 0.717) is 0 Å². The van der Waals surface area contributed by atoms with Gasteiger partial charge in [-0.3, -0.25) is 0 Å². The Morgan fingerprint density at radius 3 is 1.69 bits per heavy atom. The lowest BCUT2D eigenvalue weighted by atomic mass is 10.2. The average Bonchev–Trinajstić information content (AvgIpc) is 2.13. The molecule has 0 amide bonds. The van der Waals surface area contributed by atoms with Crippen LogP contribution in [0.15, 0.2) is 0 Å². The van der Waals surface area contributed by atoms with E-state index in [1.807, 2.05) is 0 Å². The molecule has 0 N–H and O–H groups in total. The minimum atomic E-state index is 1.29. The summed E-state index contributed by atoms with van der Waals surface area (Å²) in [6, 6.07) is 0. The molecule has 0 rings (SSSR count). The molecule has 0 aromatic rings. The smallest absolute Gasteiger partial charge is 0.00187 e.